The quantitative estimate of drug-likeness (QED) is 0.757. The van der Waals surface area contributed by atoms with Gasteiger partial charge in [0.2, 0.25) is 0 Å². The maximum absolute atomic E-state index is 9.19. The van der Waals surface area contributed by atoms with Crippen molar-refractivity contribution in [3.05, 3.63) is 76.6 Å². The summed E-state index contributed by atoms with van der Waals surface area (Å²) < 4.78 is 12.1. The van der Waals surface area contributed by atoms with Crippen LogP contribution in [0.15, 0.2) is 48.5 Å². The monoisotopic (exact) mass is 304 g/mol. The van der Waals surface area contributed by atoms with Crippen LogP contribution in [0.3, 0.4) is 0 Å². The van der Waals surface area contributed by atoms with E-state index in [4.69, 9.17) is 16.0 Å². The molecule has 0 amide bonds. The molecule has 1 heterocycles. The van der Waals surface area contributed by atoms with Gasteiger partial charge in [-0.2, -0.15) is 5.26 Å². The van der Waals surface area contributed by atoms with Crippen molar-refractivity contribution in [1.29, 1.82) is 5.26 Å². The van der Waals surface area contributed by atoms with Crippen molar-refractivity contribution in [2.75, 3.05) is 0 Å². The molecule has 4 nitrogen and oxygen atoms in total. The zero-order valence-electron chi connectivity index (χ0n) is 13.0. The topological polar surface area (TPSA) is 46.6 Å². The van der Waals surface area contributed by atoms with Crippen LogP contribution in [0.5, 0.6) is 0 Å². The normalized spacial score (nSPS) is 22.3. The number of benzene rings is 2. The molecule has 2 aromatic rings. The smallest absolute Gasteiger partial charge is 0.188 e. The Labute approximate surface area is 135 Å². The van der Waals surface area contributed by atoms with E-state index >= 15 is 0 Å². The Morgan fingerprint density at radius 2 is 1.70 bits per heavy atom. The summed E-state index contributed by atoms with van der Waals surface area (Å²) in [6.07, 6.45) is -0.639. The summed E-state index contributed by atoms with van der Waals surface area (Å²) in [5.41, 5.74) is 2.68. The lowest BCUT2D eigenvalue weighted by Crippen LogP contribution is -2.20. The Bertz CT molecular complexity index is 768. The van der Waals surface area contributed by atoms with Crippen LogP contribution in [0.2, 0.25) is 0 Å². The third-order valence-corrected chi connectivity index (χ3v) is 3.75. The first-order chi connectivity index (χ1) is 11.0. The van der Waals surface area contributed by atoms with Crippen LogP contribution in [-0.4, -0.2) is 5.79 Å². The lowest BCUT2D eigenvalue weighted by molar-refractivity contribution is -0.147. The molecule has 23 heavy (non-hydrogen) atoms. The van der Waals surface area contributed by atoms with Crippen molar-refractivity contribution in [2.24, 2.45) is 0 Å². The second kappa shape index (κ2) is 5.85. The summed E-state index contributed by atoms with van der Waals surface area (Å²) in [5.74, 6) is -0.730. The number of hydrogen-bond acceptors (Lipinski definition) is 3. The van der Waals surface area contributed by atoms with Crippen molar-refractivity contribution in [1.82, 2.24) is 0 Å². The first kappa shape index (κ1) is 15.2. The fourth-order valence-corrected chi connectivity index (χ4v) is 2.82. The van der Waals surface area contributed by atoms with Crippen LogP contribution in [0.4, 0.5) is 5.69 Å². The van der Waals surface area contributed by atoms with Gasteiger partial charge < -0.3 is 9.47 Å². The fraction of sp³-hybridized carbons (Fsp3) is 0.263. The lowest BCUT2D eigenvalue weighted by Gasteiger charge is -2.18. The molecule has 0 saturated carbocycles. The first-order valence-corrected chi connectivity index (χ1v) is 7.35. The molecule has 0 aliphatic carbocycles. The maximum Gasteiger partial charge on any atom is 0.188 e. The highest BCUT2D eigenvalue weighted by atomic mass is 16.7. The lowest BCUT2D eigenvalue weighted by atomic mass is 9.97. The van der Waals surface area contributed by atoms with E-state index in [-0.39, 0.29) is 12.2 Å². The third-order valence-electron chi connectivity index (χ3n) is 3.75. The summed E-state index contributed by atoms with van der Waals surface area (Å²) in [4.78, 5) is 3.45. The third kappa shape index (κ3) is 3.10. The van der Waals surface area contributed by atoms with Crippen molar-refractivity contribution < 1.29 is 9.47 Å². The van der Waals surface area contributed by atoms with Gasteiger partial charge in [0.25, 0.3) is 0 Å². The summed E-state index contributed by atoms with van der Waals surface area (Å²) in [6.45, 7) is 11.0. The van der Waals surface area contributed by atoms with Gasteiger partial charge in [0.15, 0.2) is 11.5 Å². The number of nitriles is 1. The van der Waals surface area contributed by atoms with Crippen LogP contribution in [0, 0.1) is 17.9 Å². The van der Waals surface area contributed by atoms with Crippen LogP contribution in [0.25, 0.3) is 4.85 Å². The van der Waals surface area contributed by atoms with E-state index in [1.165, 1.54) is 0 Å². The Morgan fingerprint density at radius 3 is 2.30 bits per heavy atom. The van der Waals surface area contributed by atoms with Gasteiger partial charge in [0, 0.05) is 5.56 Å². The minimum atomic E-state index is -0.730. The number of ether oxygens (including phenoxy) is 2. The van der Waals surface area contributed by atoms with Gasteiger partial charge in [0.1, 0.15) is 12.2 Å². The standard InChI is InChI=1S/C19H16N2O2/c1-19(2)22-17(14-7-5-4-6-8-14)18(23-19)15-9-13(12-20)10-16(11-15)21-3/h4-11,17-18H,1-2H3/t17-,18-/m1/s1. The Hall–Kier alpha value is -2.66. The average Bonchev–Trinajstić information content (AvgIpc) is 2.91. The van der Waals surface area contributed by atoms with Gasteiger partial charge in [-0.15, -0.1) is 0 Å². The minimum Gasteiger partial charge on any atom is -0.340 e. The zero-order valence-corrected chi connectivity index (χ0v) is 13.0. The number of rotatable bonds is 2. The van der Waals surface area contributed by atoms with Gasteiger partial charge >= 0.3 is 0 Å². The minimum absolute atomic E-state index is 0.279. The van der Waals surface area contributed by atoms with Crippen molar-refractivity contribution >= 4 is 5.69 Å². The Kier molecular flexibility index (Phi) is 3.88. The predicted molar refractivity (Wildman–Crippen MR) is 85.6 cm³/mol. The molecule has 1 aliphatic rings. The van der Waals surface area contributed by atoms with Crippen LogP contribution in [-0.2, 0) is 9.47 Å². The maximum atomic E-state index is 9.19. The molecule has 0 N–H and O–H groups in total. The molecular weight excluding hydrogens is 288 g/mol. The largest absolute Gasteiger partial charge is 0.340 e. The fourth-order valence-electron chi connectivity index (χ4n) is 2.82. The van der Waals surface area contributed by atoms with E-state index in [9.17, 15) is 5.26 Å². The summed E-state index contributed by atoms with van der Waals surface area (Å²) in [5, 5.41) is 9.19. The summed E-state index contributed by atoms with van der Waals surface area (Å²) in [7, 11) is 0. The van der Waals surface area contributed by atoms with E-state index in [0.29, 0.717) is 11.3 Å². The summed E-state index contributed by atoms with van der Waals surface area (Å²) >= 11 is 0. The van der Waals surface area contributed by atoms with Crippen molar-refractivity contribution in [2.45, 2.75) is 31.8 Å². The zero-order chi connectivity index (χ0) is 16.4. The van der Waals surface area contributed by atoms with Crippen LogP contribution in [0.1, 0.15) is 42.7 Å². The van der Waals surface area contributed by atoms with Gasteiger partial charge in [-0.05, 0) is 37.1 Å². The highest BCUT2D eigenvalue weighted by Crippen LogP contribution is 2.47. The molecule has 2 aromatic carbocycles. The highest BCUT2D eigenvalue weighted by molar-refractivity contribution is 5.53. The molecule has 0 spiro atoms. The molecule has 1 saturated heterocycles. The van der Waals surface area contributed by atoms with Crippen LogP contribution < -0.4 is 0 Å². The predicted octanol–water partition coefficient (Wildman–Crippen LogP) is 4.67. The van der Waals surface area contributed by atoms with E-state index in [2.05, 4.69) is 10.9 Å². The average molecular weight is 304 g/mol. The molecule has 0 radical (unpaired) electrons. The van der Waals surface area contributed by atoms with E-state index < -0.39 is 5.79 Å². The Morgan fingerprint density at radius 1 is 1.04 bits per heavy atom. The SMILES string of the molecule is [C-]#[N+]c1cc(C#N)cc([C@H]2OC(C)(C)O[C@@H]2c2ccccc2)c1. The van der Waals surface area contributed by atoms with Crippen molar-refractivity contribution in [3.8, 4) is 6.07 Å². The van der Waals surface area contributed by atoms with E-state index in [0.717, 1.165) is 11.1 Å². The van der Waals surface area contributed by atoms with E-state index in [1.807, 2.05) is 44.2 Å². The molecule has 0 aromatic heterocycles. The van der Waals surface area contributed by atoms with E-state index in [1.54, 1.807) is 18.2 Å². The molecular formula is C19H16N2O2. The molecule has 0 bridgehead atoms. The second-order valence-electron chi connectivity index (χ2n) is 5.92. The molecule has 114 valence electrons. The molecule has 4 heteroatoms. The van der Waals surface area contributed by atoms with Gasteiger partial charge in [-0.3, -0.25) is 0 Å². The number of hydrogen-bond donors (Lipinski definition) is 0. The molecule has 1 aliphatic heterocycles. The molecule has 2 atom stereocenters. The number of nitrogens with zero attached hydrogens (tertiary/aromatic N) is 2. The molecule has 1 fully saturated rings. The van der Waals surface area contributed by atoms with Crippen molar-refractivity contribution in [3.63, 3.8) is 0 Å². The summed E-state index contributed by atoms with van der Waals surface area (Å²) in [6, 6.07) is 17.1. The van der Waals surface area contributed by atoms with Gasteiger partial charge in [-0.1, -0.05) is 36.4 Å². The Balaban J connectivity index is 2.06. The second-order valence-corrected chi connectivity index (χ2v) is 5.92. The first-order valence-electron chi connectivity index (χ1n) is 7.35. The van der Waals surface area contributed by atoms with Gasteiger partial charge in [0.05, 0.1) is 12.6 Å². The molecule has 0 unspecified atom stereocenters. The molecule has 3 rings (SSSR count). The van der Waals surface area contributed by atoms with Gasteiger partial charge in [-0.25, -0.2) is 4.85 Å². The van der Waals surface area contributed by atoms with Crippen LogP contribution >= 0.6 is 0 Å². The highest BCUT2D eigenvalue weighted by Gasteiger charge is 2.42.